The average Bonchev–Trinajstić information content (AvgIpc) is 2.57. The van der Waals surface area contributed by atoms with Crippen LogP contribution in [0, 0.1) is 0 Å². The summed E-state index contributed by atoms with van der Waals surface area (Å²) in [7, 11) is 0. The smallest absolute Gasteiger partial charge is 0.0639 e. The van der Waals surface area contributed by atoms with Gasteiger partial charge in [0, 0.05) is 12.7 Å². The van der Waals surface area contributed by atoms with Crippen LogP contribution in [0.1, 0.15) is 6.42 Å². The van der Waals surface area contributed by atoms with Crippen LogP contribution in [-0.2, 0) is 0 Å². The van der Waals surface area contributed by atoms with Gasteiger partial charge in [0.2, 0.25) is 0 Å². The number of anilines is 2. The van der Waals surface area contributed by atoms with E-state index in [2.05, 4.69) is 17.2 Å². The van der Waals surface area contributed by atoms with Crippen molar-refractivity contribution in [3.63, 3.8) is 0 Å². The van der Waals surface area contributed by atoms with Gasteiger partial charge in [-0.25, -0.2) is 0 Å². The van der Waals surface area contributed by atoms with Crippen molar-refractivity contribution in [2.75, 3.05) is 17.2 Å². The molecule has 0 saturated carbocycles. The summed E-state index contributed by atoms with van der Waals surface area (Å²) < 4.78 is 0. The largest absolute Gasteiger partial charge is 0.397 e. The standard InChI is InChI=1S/C10H12N2/c11-9-5-1-2-6-10(9)12-7-3-4-8-12/h1-3,5-7H,4,8,11H2. The third-order valence-corrected chi connectivity index (χ3v) is 2.07. The third kappa shape index (κ3) is 1.16. The third-order valence-electron chi connectivity index (χ3n) is 2.07. The maximum absolute atomic E-state index is 5.82. The van der Waals surface area contributed by atoms with Crippen molar-refractivity contribution in [2.24, 2.45) is 0 Å². The monoisotopic (exact) mass is 160 g/mol. The van der Waals surface area contributed by atoms with Gasteiger partial charge in [-0.05, 0) is 18.6 Å². The highest BCUT2D eigenvalue weighted by molar-refractivity contribution is 5.69. The predicted molar refractivity (Wildman–Crippen MR) is 52.0 cm³/mol. The number of para-hydroxylation sites is 2. The number of hydrogen-bond acceptors (Lipinski definition) is 2. The van der Waals surface area contributed by atoms with E-state index in [4.69, 9.17) is 5.73 Å². The molecule has 0 fully saturated rings. The molecule has 2 rings (SSSR count). The molecule has 0 amide bonds. The van der Waals surface area contributed by atoms with E-state index in [0.717, 1.165) is 24.3 Å². The van der Waals surface area contributed by atoms with E-state index in [1.165, 1.54) is 0 Å². The first-order valence-corrected chi connectivity index (χ1v) is 4.16. The number of nitrogens with two attached hydrogens (primary N) is 1. The second-order valence-corrected chi connectivity index (χ2v) is 2.93. The van der Waals surface area contributed by atoms with Gasteiger partial charge in [0.1, 0.15) is 0 Å². The van der Waals surface area contributed by atoms with Gasteiger partial charge in [0.25, 0.3) is 0 Å². The minimum Gasteiger partial charge on any atom is -0.397 e. The Labute approximate surface area is 72.3 Å². The van der Waals surface area contributed by atoms with Crippen molar-refractivity contribution in [2.45, 2.75) is 6.42 Å². The van der Waals surface area contributed by atoms with Crippen molar-refractivity contribution in [3.8, 4) is 0 Å². The molecule has 0 radical (unpaired) electrons. The molecule has 1 aromatic rings. The number of hydrogen-bond donors (Lipinski definition) is 1. The van der Waals surface area contributed by atoms with Crippen LogP contribution in [0.5, 0.6) is 0 Å². The van der Waals surface area contributed by atoms with Gasteiger partial charge in [-0.3, -0.25) is 0 Å². The number of rotatable bonds is 1. The Balaban J connectivity index is 2.33. The zero-order valence-corrected chi connectivity index (χ0v) is 6.90. The Morgan fingerprint density at radius 2 is 2.08 bits per heavy atom. The Hall–Kier alpha value is -1.44. The maximum Gasteiger partial charge on any atom is 0.0639 e. The highest BCUT2D eigenvalue weighted by Crippen LogP contribution is 2.24. The van der Waals surface area contributed by atoms with E-state index < -0.39 is 0 Å². The molecule has 1 aliphatic heterocycles. The molecule has 2 N–H and O–H groups in total. The molecule has 2 nitrogen and oxygen atoms in total. The van der Waals surface area contributed by atoms with Crippen molar-refractivity contribution in [1.82, 2.24) is 0 Å². The van der Waals surface area contributed by atoms with Crippen LogP contribution in [0.3, 0.4) is 0 Å². The molecular formula is C10H12N2. The van der Waals surface area contributed by atoms with E-state index in [0.29, 0.717) is 0 Å². The Kier molecular flexibility index (Phi) is 1.74. The van der Waals surface area contributed by atoms with Gasteiger partial charge in [-0.2, -0.15) is 0 Å². The van der Waals surface area contributed by atoms with Gasteiger partial charge in [0.15, 0.2) is 0 Å². The molecule has 0 atom stereocenters. The van der Waals surface area contributed by atoms with Gasteiger partial charge in [-0.15, -0.1) is 0 Å². The van der Waals surface area contributed by atoms with Crippen LogP contribution in [0.15, 0.2) is 36.5 Å². The van der Waals surface area contributed by atoms with E-state index in [1.54, 1.807) is 0 Å². The molecule has 0 aliphatic carbocycles. The van der Waals surface area contributed by atoms with Gasteiger partial charge < -0.3 is 10.6 Å². The van der Waals surface area contributed by atoms with Crippen molar-refractivity contribution >= 4 is 11.4 Å². The van der Waals surface area contributed by atoms with Crippen LogP contribution in [0.4, 0.5) is 11.4 Å². The van der Waals surface area contributed by atoms with Gasteiger partial charge in [0.05, 0.1) is 11.4 Å². The predicted octanol–water partition coefficient (Wildman–Crippen LogP) is 1.99. The molecule has 62 valence electrons. The molecule has 1 aromatic carbocycles. The normalized spacial score (nSPS) is 15.5. The first kappa shape index (κ1) is 7.22. The number of nitrogen functional groups attached to an aromatic ring is 1. The maximum atomic E-state index is 5.82. The van der Waals surface area contributed by atoms with Gasteiger partial charge in [-0.1, -0.05) is 18.2 Å². The Bertz CT molecular complexity index is 304. The number of benzene rings is 1. The zero-order valence-electron chi connectivity index (χ0n) is 6.90. The summed E-state index contributed by atoms with van der Waals surface area (Å²) in [6.45, 7) is 1.05. The zero-order chi connectivity index (χ0) is 8.39. The lowest BCUT2D eigenvalue weighted by Crippen LogP contribution is -2.13. The summed E-state index contributed by atoms with van der Waals surface area (Å²) in [4.78, 5) is 2.18. The quantitative estimate of drug-likeness (QED) is 0.636. The molecule has 12 heavy (non-hydrogen) atoms. The summed E-state index contributed by atoms with van der Waals surface area (Å²) in [5.41, 5.74) is 7.79. The van der Waals surface area contributed by atoms with E-state index in [-0.39, 0.29) is 0 Å². The van der Waals surface area contributed by atoms with E-state index >= 15 is 0 Å². The molecule has 0 saturated heterocycles. The van der Waals surface area contributed by atoms with Gasteiger partial charge >= 0.3 is 0 Å². The van der Waals surface area contributed by atoms with Crippen LogP contribution in [0.2, 0.25) is 0 Å². The SMILES string of the molecule is Nc1ccccc1N1C=CCC1. The lowest BCUT2D eigenvalue weighted by molar-refractivity contribution is 1.00. The summed E-state index contributed by atoms with van der Waals surface area (Å²) in [6, 6.07) is 7.95. The molecule has 0 aromatic heterocycles. The van der Waals surface area contributed by atoms with Crippen LogP contribution < -0.4 is 10.6 Å². The van der Waals surface area contributed by atoms with Crippen LogP contribution >= 0.6 is 0 Å². The Morgan fingerprint density at radius 1 is 1.25 bits per heavy atom. The number of nitrogens with zero attached hydrogens (tertiary/aromatic N) is 1. The molecule has 1 aliphatic rings. The minimum absolute atomic E-state index is 0.851. The fraction of sp³-hybridized carbons (Fsp3) is 0.200. The average molecular weight is 160 g/mol. The fourth-order valence-electron chi connectivity index (χ4n) is 1.44. The summed E-state index contributed by atoms with van der Waals surface area (Å²) in [6.07, 6.45) is 5.37. The highest BCUT2D eigenvalue weighted by Gasteiger charge is 2.08. The lowest BCUT2D eigenvalue weighted by Gasteiger charge is -2.17. The molecule has 0 bridgehead atoms. The van der Waals surface area contributed by atoms with Crippen LogP contribution in [0.25, 0.3) is 0 Å². The summed E-state index contributed by atoms with van der Waals surface area (Å²) >= 11 is 0. The molecule has 2 heteroatoms. The molecule has 0 spiro atoms. The first-order chi connectivity index (χ1) is 5.88. The molecule has 1 heterocycles. The summed E-state index contributed by atoms with van der Waals surface area (Å²) in [5.74, 6) is 0. The topological polar surface area (TPSA) is 29.3 Å². The minimum atomic E-state index is 0.851. The second-order valence-electron chi connectivity index (χ2n) is 2.93. The highest BCUT2D eigenvalue weighted by atomic mass is 15.1. The van der Waals surface area contributed by atoms with E-state index in [9.17, 15) is 0 Å². The van der Waals surface area contributed by atoms with Crippen molar-refractivity contribution in [3.05, 3.63) is 36.5 Å². The Morgan fingerprint density at radius 3 is 2.75 bits per heavy atom. The lowest BCUT2D eigenvalue weighted by atomic mass is 10.2. The fourth-order valence-corrected chi connectivity index (χ4v) is 1.44. The second kappa shape index (κ2) is 2.89. The molecular weight excluding hydrogens is 148 g/mol. The molecule has 0 unspecified atom stereocenters. The van der Waals surface area contributed by atoms with Crippen molar-refractivity contribution in [1.29, 1.82) is 0 Å². The first-order valence-electron chi connectivity index (χ1n) is 4.16. The van der Waals surface area contributed by atoms with E-state index in [1.807, 2.05) is 24.3 Å². The summed E-state index contributed by atoms with van der Waals surface area (Å²) in [5, 5.41) is 0. The van der Waals surface area contributed by atoms with Crippen molar-refractivity contribution < 1.29 is 0 Å². The van der Waals surface area contributed by atoms with Crippen LogP contribution in [-0.4, -0.2) is 6.54 Å².